The van der Waals surface area contributed by atoms with E-state index in [4.69, 9.17) is 47.0 Å². The first-order valence-electron chi connectivity index (χ1n) is 21.1. The Hall–Kier alpha value is -4.56. The normalized spacial score (nSPS) is 46.5. The van der Waals surface area contributed by atoms with Gasteiger partial charge < -0.3 is 62.4 Å². The van der Waals surface area contributed by atoms with Crippen molar-refractivity contribution >= 4 is 35.8 Å². The predicted octanol–water partition coefficient (Wildman–Crippen LogP) is 3.17. The van der Waals surface area contributed by atoms with E-state index >= 15 is 0 Å². The van der Waals surface area contributed by atoms with Crippen molar-refractivity contribution in [3.63, 3.8) is 0 Å². The van der Waals surface area contributed by atoms with Crippen LogP contribution in [0.1, 0.15) is 107 Å². The van der Waals surface area contributed by atoms with E-state index < -0.39 is 152 Å². The average molecular weight is 889 g/mol. The zero-order chi connectivity index (χ0) is 46.6. The van der Waals surface area contributed by atoms with Crippen LogP contribution in [-0.2, 0) is 71.4 Å². The summed E-state index contributed by atoms with van der Waals surface area (Å²) in [6.07, 6.45) is -7.39. The highest BCUT2D eigenvalue weighted by Gasteiger charge is 3.07. The van der Waals surface area contributed by atoms with Crippen molar-refractivity contribution in [1.29, 1.82) is 0 Å². The molecule has 0 amide bonds. The lowest BCUT2D eigenvalue weighted by Gasteiger charge is -2.78. The summed E-state index contributed by atoms with van der Waals surface area (Å²) in [5.74, 6) is -12.6. The highest BCUT2D eigenvalue weighted by Crippen LogP contribution is 2.90. The second kappa shape index (κ2) is 13.5. The van der Waals surface area contributed by atoms with Gasteiger partial charge in [0, 0.05) is 62.3 Å². The Kier molecular flexibility index (Phi) is 9.64. The molecule has 0 radical (unpaired) electrons. The Morgan fingerprint density at radius 2 is 1.54 bits per heavy atom. The molecule has 3 unspecified atom stereocenters. The largest absolute Gasteiger partial charge is 0.511 e. The fourth-order valence-electron chi connectivity index (χ4n) is 13.8. The van der Waals surface area contributed by atoms with Crippen molar-refractivity contribution in [3.05, 3.63) is 35.5 Å². The van der Waals surface area contributed by atoms with E-state index in [2.05, 4.69) is 0 Å². The van der Waals surface area contributed by atoms with Gasteiger partial charge in [-0.15, -0.1) is 0 Å². The van der Waals surface area contributed by atoms with Crippen LogP contribution < -0.4 is 0 Å². The lowest BCUT2D eigenvalue weighted by Crippen LogP contribution is -2.97. The van der Waals surface area contributed by atoms with Crippen LogP contribution >= 0.6 is 0 Å². The van der Waals surface area contributed by atoms with Crippen molar-refractivity contribution in [3.8, 4) is 0 Å². The van der Waals surface area contributed by atoms with Crippen molar-refractivity contribution in [2.75, 3.05) is 7.11 Å². The second-order valence-electron chi connectivity index (χ2n) is 19.6. The zero-order valence-corrected chi connectivity index (χ0v) is 37.3. The summed E-state index contributed by atoms with van der Waals surface area (Å²) in [5.41, 5.74) is -17.9. The number of furan rings is 1. The van der Waals surface area contributed by atoms with Gasteiger partial charge in [-0.2, -0.15) is 0 Å². The number of esters is 6. The van der Waals surface area contributed by atoms with E-state index in [1.54, 1.807) is 34.6 Å². The number of aliphatic hydroxyl groups is 3. The van der Waals surface area contributed by atoms with Gasteiger partial charge in [-0.1, -0.05) is 41.5 Å². The van der Waals surface area contributed by atoms with Crippen LogP contribution in [0.3, 0.4) is 0 Å². The molecule has 1 aromatic heterocycles. The maximum Gasteiger partial charge on any atom is 0.338 e. The van der Waals surface area contributed by atoms with E-state index in [9.17, 15) is 44.1 Å². The molecule has 2 spiro atoms. The minimum absolute atomic E-state index is 0.129. The van der Waals surface area contributed by atoms with Gasteiger partial charge in [0.2, 0.25) is 0 Å². The highest BCUT2D eigenvalue weighted by atomic mass is 16.9. The molecular weight excluding hydrogens is 832 g/mol. The maximum atomic E-state index is 15.0. The monoisotopic (exact) mass is 888 g/mol. The third-order valence-corrected chi connectivity index (χ3v) is 15.9. The standard InChI is InChI=1S/C44H56O19/c1-13-37(8,52)35(51)60-33-36(7)18-41-39(10,24(36)16-25(48)54-12)44-31(57-21(5)46)30(56-20(4)45)38(9)28(26(27(49)19(2)3)32(50)59-29(38)23-14-15-55-17-23)43(44,62-40(11,61-41)63-44)34(42(33,41)53)58-22(6)47/h14-15,17,19,24,28-31,33-34,49,52-53H,13,16,18H2,1-12H3/b27-26-/t24-,28+,29-,30?,31?,33-,34+,36+,37?,38+,39+,40+,41+,42-,43+,44-/m0/s1. The molecule has 3 aliphatic heterocycles. The van der Waals surface area contributed by atoms with Crippen LogP contribution in [0.4, 0.5) is 0 Å². The fourth-order valence-corrected chi connectivity index (χ4v) is 13.8. The maximum absolute atomic E-state index is 15.0. The van der Waals surface area contributed by atoms with Crippen molar-refractivity contribution in [1.82, 2.24) is 0 Å². The highest BCUT2D eigenvalue weighted by molar-refractivity contribution is 5.92. The molecule has 4 bridgehead atoms. The Labute approximate surface area is 362 Å². The molecule has 346 valence electrons. The van der Waals surface area contributed by atoms with Crippen LogP contribution in [0.15, 0.2) is 34.3 Å². The van der Waals surface area contributed by atoms with Crippen LogP contribution in [0.25, 0.3) is 0 Å². The predicted molar refractivity (Wildman–Crippen MR) is 207 cm³/mol. The molecule has 4 heterocycles. The summed E-state index contributed by atoms with van der Waals surface area (Å²) < 4.78 is 64.0. The molecule has 3 N–H and O–H groups in total. The summed E-state index contributed by atoms with van der Waals surface area (Å²) in [6.45, 7) is 15.3. The van der Waals surface area contributed by atoms with E-state index in [-0.39, 0.29) is 18.4 Å². The van der Waals surface area contributed by atoms with Crippen molar-refractivity contribution < 1.29 is 91.1 Å². The molecular formula is C44H56O19. The molecule has 19 nitrogen and oxygen atoms in total. The first kappa shape index (κ1) is 45.0. The zero-order valence-electron chi connectivity index (χ0n) is 37.3. The lowest BCUT2D eigenvalue weighted by atomic mass is 9.32. The molecule has 16 atom stereocenters. The second-order valence-corrected chi connectivity index (χ2v) is 19.6. The van der Waals surface area contributed by atoms with Gasteiger partial charge in [0.15, 0.2) is 40.7 Å². The van der Waals surface area contributed by atoms with Gasteiger partial charge >= 0.3 is 35.8 Å². The van der Waals surface area contributed by atoms with E-state index in [1.165, 1.54) is 39.4 Å². The number of carbonyl (C=O) groups excluding carboxylic acids is 6. The molecule has 7 fully saturated rings. The number of ether oxygens (including phenoxy) is 9. The minimum Gasteiger partial charge on any atom is -0.511 e. The van der Waals surface area contributed by atoms with Crippen molar-refractivity contribution in [2.24, 2.45) is 34.0 Å². The molecule has 4 aliphatic carbocycles. The Bertz CT molecular complexity index is 2210. The number of carbonyl (C=O) groups is 6. The fraction of sp³-hybridized carbons (Fsp3) is 0.727. The SMILES string of the molecule is CCC(C)(O)C(=O)O[C@H]1[C@]2(C)C[C@@]34O[C@]5(C)O[C@]6([C@@H]7/C(=C(/O)C(C)C)C(=O)O[C@@H](c8ccoc8)[C@]7(C)C(OC(C)=O)C(OC(C)=O)[C@]6(O5)[C@]3(C)[C@H]2CC(=O)OC)[C@H](OC(C)=O)[C@@]14O. The number of cyclic esters (lactones) is 1. The Morgan fingerprint density at radius 1 is 0.921 bits per heavy atom. The van der Waals surface area contributed by atoms with E-state index in [0.717, 1.165) is 27.9 Å². The number of allylic oxidation sites excluding steroid dienone is 1. The lowest BCUT2D eigenvalue weighted by molar-refractivity contribution is -0.490. The molecule has 1 aromatic rings. The third-order valence-electron chi connectivity index (χ3n) is 15.9. The summed E-state index contributed by atoms with van der Waals surface area (Å²) in [4.78, 5) is 84.3. The van der Waals surface area contributed by atoms with Gasteiger partial charge in [-0.25, -0.2) is 9.59 Å². The van der Waals surface area contributed by atoms with Crippen LogP contribution in [0, 0.1) is 34.0 Å². The molecule has 4 saturated carbocycles. The first-order valence-corrected chi connectivity index (χ1v) is 21.1. The minimum atomic E-state index is -2.76. The van der Waals surface area contributed by atoms with E-state index in [0.29, 0.717) is 0 Å². The number of aliphatic hydroxyl groups excluding tert-OH is 1. The molecule has 0 aromatic carbocycles. The van der Waals surface area contributed by atoms with Crippen molar-refractivity contribution in [2.45, 2.75) is 160 Å². The molecule has 3 saturated heterocycles. The van der Waals surface area contributed by atoms with Crippen LogP contribution in [0.5, 0.6) is 0 Å². The van der Waals surface area contributed by atoms with E-state index in [1.807, 2.05) is 0 Å². The summed E-state index contributed by atoms with van der Waals surface area (Å²) in [7, 11) is 1.16. The molecule has 8 rings (SSSR count). The van der Waals surface area contributed by atoms with Crippen LogP contribution in [0.2, 0.25) is 0 Å². The quantitative estimate of drug-likeness (QED) is 0.132. The number of hydrogen-bond acceptors (Lipinski definition) is 19. The summed E-state index contributed by atoms with van der Waals surface area (Å²) in [5, 5.41) is 38.0. The van der Waals surface area contributed by atoms with Gasteiger partial charge in [0.25, 0.3) is 5.97 Å². The Morgan fingerprint density at radius 3 is 2.08 bits per heavy atom. The number of fused-ring (bicyclic) bond motifs is 3. The van der Waals surface area contributed by atoms with Gasteiger partial charge in [0.1, 0.15) is 23.6 Å². The molecule has 63 heavy (non-hydrogen) atoms. The summed E-state index contributed by atoms with van der Waals surface area (Å²) in [6, 6.07) is 1.49. The summed E-state index contributed by atoms with van der Waals surface area (Å²) >= 11 is 0. The number of hydrogen-bond donors (Lipinski definition) is 3. The molecule has 19 heteroatoms. The molecule has 7 aliphatic rings. The van der Waals surface area contributed by atoms with Crippen LogP contribution in [-0.4, -0.2) is 117 Å². The number of methoxy groups -OCH3 is 1. The number of rotatable bonds is 10. The topological polar surface area (TPSA) is 259 Å². The third kappa shape index (κ3) is 5.03. The van der Waals surface area contributed by atoms with Gasteiger partial charge in [-0.3, -0.25) is 19.2 Å². The Balaban J connectivity index is 1.62. The van der Waals surface area contributed by atoms with Gasteiger partial charge in [-0.05, 0) is 31.7 Å². The average Bonchev–Trinajstić information content (AvgIpc) is 3.89. The smallest absolute Gasteiger partial charge is 0.338 e. The first-order chi connectivity index (χ1) is 29.1. The van der Waals surface area contributed by atoms with Gasteiger partial charge in [0.05, 0.1) is 30.6 Å².